The lowest BCUT2D eigenvalue weighted by atomic mass is 10.1. The molecule has 2 aliphatic heterocycles. The van der Waals surface area contributed by atoms with Gasteiger partial charge in [-0.25, -0.2) is 0 Å². The molecule has 29 heavy (non-hydrogen) atoms. The predicted octanol–water partition coefficient (Wildman–Crippen LogP) is 1.11. The molecule has 1 aromatic heterocycles. The van der Waals surface area contributed by atoms with E-state index < -0.39 is 24.4 Å². The molecular formula is C21H26N4O4. The normalized spacial score (nSPS) is 25.5. The van der Waals surface area contributed by atoms with Gasteiger partial charge in [-0.2, -0.15) is 0 Å². The molecule has 1 aromatic carbocycles. The number of carbonyl (C=O) groups excluding carboxylic acids is 3. The fourth-order valence-electron chi connectivity index (χ4n) is 4.10. The molecule has 2 N–H and O–H groups in total. The number of nitrogens with one attached hydrogen (secondary N) is 2. The maximum Gasteiger partial charge on any atom is 0.253 e. The van der Waals surface area contributed by atoms with E-state index >= 15 is 0 Å². The summed E-state index contributed by atoms with van der Waals surface area (Å²) in [6, 6.07) is 7.83. The first-order valence-electron chi connectivity index (χ1n) is 10.0. The second-order valence-electron chi connectivity index (χ2n) is 7.61. The highest BCUT2D eigenvalue weighted by Crippen LogP contribution is 2.30. The molecule has 8 nitrogen and oxygen atoms in total. The van der Waals surface area contributed by atoms with Crippen LogP contribution in [0.15, 0.2) is 36.5 Å². The first-order chi connectivity index (χ1) is 14.0. The van der Waals surface area contributed by atoms with E-state index in [1.165, 1.54) is 0 Å². The van der Waals surface area contributed by atoms with Gasteiger partial charge in [0.15, 0.2) is 0 Å². The Bertz CT molecular complexity index is 940. The van der Waals surface area contributed by atoms with Crippen molar-refractivity contribution in [3.63, 3.8) is 0 Å². The van der Waals surface area contributed by atoms with Gasteiger partial charge in [-0.3, -0.25) is 19.0 Å². The molecule has 1 unspecified atom stereocenters. The number of benzene rings is 1. The number of carbonyl (C=O) groups is 3. The number of rotatable bonds is 4. The van der Waals surface area contributed by atoms with E-state index in [4.69, 9.17) is 4.74 Å². The van der Waals surface area contributed by atoms with Crippen LogP contribution >= 0.6 is 0 Å². The van der Waals surface area contributed by atoms with Crippen molar-refractivity contribution < 1.29 is 19.1 Å². The molecule has 2 fully saturated rings. The predicted molar refractivity (Wildman–Crippen MR) is 107 cm³/mol. The number of nitrogens with zero attached hydrogens (tertiary/aromatic N) is 2. The van der Waals surface area contributed by atoms with Crippen molar-refractivity contribution >= 4 is 28.6 Å². The minimum Gasteiger partial charge on any atom is -0.358 e. The van der Waals surface area contributed by atoms with Gasteiger partial charge in [0.2, 0.25) is 11.8 Å². The zero-order valence-electron chi connectivity index (χ0n) is 16.6. The van der Waals surface area contributed by atoms with E-state index in [-0.39, 0.29) is 17.7 Å². The van der Waals surface area contributed by atoms with E-state index in [0.29, 0.717) is 25.9 Å². The molecule has 0 radical (unpaired) electrons. The van der Waals surface area contributed by atoms with Gasteiger partial charge in [0.1, 0.15) is 18.3 Å². The highest BCUT2D eigenvalue weighted by molar-refractivity contribution is 5.98. The van der Waals surface area contributed by atoms with E-state index in [0.717, 1.165) is 10.9 Å². The highest BCUT2D eigenvalue weighted by Gasteiger charge is 2.46. The van der Waals surface area contributed by atoms with E-state index in [2.05, 4.69) is 10.6 Å². The van der Waals surface area contributed by atoms with Crippen molar-refractivity contribution in [1.82, 2.24) is 20.1 Å². The molecule has 4 atom stereocenters. The number of aromatic nitrogens is 1. The Morgan fingerprint density at radius 2 is 1.97 bits per heavy atom. The Labute approximate surface area is 169 Å². The van der Waals surface area contributed by atoms with Gasteiger partial charge in [0.05, 0.1) is 18.2 Å². The van der Waals surface area contributed by atoms with Gasteiger partial charge in [0.25, 0.3) is 5.91 Å². The molecule has 2 saturated heterocycles. The average molecular weight is 398 g/mol. The summed E-state index contributed by atoms with van der Waals surface area (Å²) in [4.78, 5) is 40.4. The molecule has 2 aromatic rings. The molecule has 0 aliphatic carbocycles. The minimum absolute atomic E-state index is 0.152. The second kappa shape index (κ2) is 7.96. The monoisotopic (exact) mass is 398 g/mol. The molecule has 0 spiro atoms. The topological polar surface area (TPSA) is 92.7 Å². The summed E-state index contributed by atoms with van der Waals surface area (Å²) in [5.41, 5.74) is 0.817. The fourth-order valence-corrected chi connectivity index (χ4v) is 4.10. The maximum absolute atomic E-state index is 13.3. The maximum atomic E-state index is 13.3. The van der Waals surface area contributed by atoms with Crippen LogP contribution in [0.25, 0.3) is 10.9 Å². The number of hydrogen-bond acceptors (Lipinski definition) is 5. The van der Waals surface area contributed by atoms with E-state index in [1.807, 2.05) is 30.3 Å². The van der Waals surface area contributed by atoms with Gasteiger partial charge < -0.3 is 20.3 Å². The van der Waals surface area contributed by atoms with Crippen LogP contribution < -0.4 is 10.6 Å². The van der Waals surface area contributed by atoms with Gasteiger partial charge in [0, 0.05) is 18.0 Å². The molecule has 0 saturated carbocycles. The van der Waals surface area contributed by atoms with Crippen LogP contribution in [0.4, 0.5) is 0 Å². The van der Waals surface area contributed by atoms with Crippen molar-refractivity contribution in [2.75, 3.05) is 13.7 Å². The first-order valence-corrected chi connectivity index (χ1v) is 10.0. The Kier molecular flexibility index (Phi) is 5.38. The number of para-hydroxylation sites is 1. The van der Waals surface area contributed by atoms with E-state index in [1.54, 1.807) is 29.6 Å². The second-order valence-corrected chi connectivity index (χ2v) is 7.61. The Morgan fingerprint density at radius 1 is 1.17 bits per heavy atom. The SMILES string of the molecule is CN[C@@H](C)C(=O)N[C@H]1CCOC2CC[C@@H](C(=O)n3ccc4ccccc43)N2C1=O. The fraction of sp³-hybridized carbons (Fsp3) is 0.476. The smallest absolute Gasteiger partial charge is 0.253 e. The zero-order chi connectivity index (χ0) is 20.5. The van der Waals surface area contributed by atoms with Gasteiger partial charge in [-0.15, -0.1) is 0 Å². The average Bonchev–Trinajstić information content (AvgIpc) is 3.32. The van der Waals surface area contributed by atoms with Crippen LogP contribution in [0.5, 0.6) is 0 Å². The molecule has 154 valence electrons. The summed E-state index contributed by atoms with van der Waals surface area (Å²) in [7, 11) is 1.69. The van der Waals surface area contributed by atoms with Crippen molar-refractivity contribution in [2.24, 2.45) is 0 Å². The van der Waals surface area contributed by atoms with Crippen molar-refractivity contribution in [2.45, 2.75) is 50.5 Å². The molecule has 8 heteroatoms. The standard InChI is InChI=1S/C21H26N4O4/c1-13(22-2)19(26)23-15-10-12-29-18-8-7-17(25(18)20(15)27)21(28)24-11-9-14-5-3-4-6-16(14)24/h3-6,9,11,13,15,17-18,22H,7-8,10,12H2,1-2H3,(H,23,26)/t13-,15-,17-,18?/m0/s1. The Balaban J connectivity index is 1.58. The summed E-state index contributed by atoms with van der Waals surface area (Å²) in [5.74, 6) is -0.652. The quantitative estimate of drug-likeness (QED) is 0.805. The third kappa shape index (κ3) is 3.54. The van der Waals surface area contributed by atoms with Gasteiger partial charge >= 0.3 is 0 Å². The lowest BCUT2D eigenvalue weighted by molar-refractivity contribution is -0.143. The number of amides is 2. The van der Waals surface area contributed by atoms with Gasteiger partial charge in [-0.05, 0) is 38.9 Å². The lowest BCUT2D eigenvalue weighted by Gasteiger charge is -2.30. The minimum atomic E-state index is -0.696. The first kappa shape index (κ1) is 19.6. The zero-order valence-corrected chi connectivity index (χ0v) is 16.6. The van der Waals surface area contributed by atoms with Crippen molar-refractivity contribution in [3.05, 3.63) is 36.5 Å². The Morgan fingerprint density at radius 3 is 2.76 bits per heavy atom. The van der Waals surface area contributed by atoms with Crippen LogP contribution in [-0.4, -0.2) is 65.2 Å². The number of hydrogen-bond donors (Lipinski definition) is 2. The van der Waals surface area contributed by atoms with Crippen LogP contribution in [0, 0.1) is 0 Å². The van der Waals surface area contributed by atoms with Crippen LogP contribution in [0.2, 0.25) is 0 Å². The van der Waals surface area contributed by atoms with Crippen LogP contribution in [0.1, 0.15) is 31.0 Å². The summed E-state index contributed by atoms with van der Waals surface area (Å²) in [5, 5.41) is 6.65. The summed E-state index contributed by atoms with van der Waals surface area (Å²) >= 11 is 0. The molecule has 2 aliphatic rings. The van der Waals surface area contributed by atoms with E-state index in [9.17, 15) is 14.4 Å². The number of ether oxygens (including phenoxy) is 1. The number of likely N-dealkylation sites (N-methyl/N-ethyl adjacent to an activating group) is 1. The van der Waals surface area contributed by atoms with Crippen LogP contribution in [-0.2, 0) is 14.3 Å². The molecule has 4 rings (SSSR count). The molecular weight excluding hydrogens is 372 g/mol. The third-order valence-corrected chi connectivity index (χ3v) is 5.87. The summed E-state index contributed by atoms with van der Waals surface area (Å²) < 4.78 is 7.47. The highest BCUT2D eigenvalue weighted by atomic mass is 16.5. The van der Waals surface area contributed by atoms with Crippen molar-refractivity contribution in [3.8, 4) is 0 Å². The largest absolute Gasteiger partial charge is 0.358 e. The summed E-state index contributed by atoms with van der Waals surface area (Å²) in [6.07, 6.45) is 2.85. The Hall–Kier alpha value is -2.71. The summed E-state index contributed by atoms with van der Waals surface area (Å²) in [6.45, 7) is 2.09. The lowest BCUT2D eigenvalue weighted by Crippen LogP contribution is -2.55. The number of fused-ring (bicyclic) bond motifs is 2. The third-order valence-electron chi connectivity index (χ3n) is 5.87. The molecule has 2 amide bonds. The molecule has 0 bridgehead atoms. The van der Waals surface area contributed by atoms with Crippen molar-refractivity contribution in [1.29, 1.82) is 0 Å². The van der Waals surface area contributed by atoms with Crippen LogP contribution in [0.3, 0.4) is 0 Å². The van der Waals surface area contributed by atoms with Gasteiger partial charge in [-0.1, -0.05) is 18.2 Å². The molecule has 3 heterocycles.